The van der Waals surface area contributed by atoms with Gasteiger partial charge in [0.1, 0.15) is 0 Å². The zero-order valence-corrected chi connectivity index (χ0v) is 21.4. The lowest BCUT2D eigenvalue weighted by Crippen LogP contribution is -2.58. The number of piperidine rings is 1. The number of fused-ring (bicyclic) bond motifs is 2. The van der Waals surface area contributed by atoms with E-state index in [9.17, 15) is 19.5 Å². The van der Waals surface area contributed by atoms with Crippen LogP contribution in [-0.4, -0.2) is 71.5 Å². The number of nitrogens with one attached hydrogen (secondary N) is 1. The molecule has 2 heterocycles. The maximum Gasteiger partial charge on any atom is 0.349 e. The fraction of sp³-hybridized carbons (Fsp3) is 0.815. The molecular weight excluding hydrogens is 464 g/mol. The Labute approximate surface area is 213 Å². The molecule has 4 rings (SSSR count). The van der Waals surface area contributed by atoms with Gasteiger partial charge < -0.3 is 30.7 Å². The average molecular weight is 507 g/mol. The molecule has 36 heavy (non-hydrogen) atoms. The van der Waals surface area contributed by atoms with Gasteiger partial charge >= 0.3 is 5.97 Å². The second-order valence-electron chi connectivity index (χ2n) is 11.1. The number of nitrogens with two attached hydrogens (primary N) is 1. The fourth-order valence-electron chi connectivity index (χ4n) is 6.60. The van der Waals surface area contributed by atoms with Gasteiger partial charge in [0.2, 0.25) is 0 Å². The molecule has 5 N–H and O–H groups in total. The molecule has 4 fully saturated rings. The molecule has 2 saturated heterocycles. The quantitative estimate of drug-likeness (QED) is 0.107. The molecule has 6 atom stereocenters. The van der Waals surface area contributed by atoms with Crippen LogP contribution in [0.1, 0.15) is 77.6 Å². The van der Waals surface area contributed by atoms with E-state index in [0.29, 0.717) is 37.2 Å². The third kappa shape index (κ3) is 4.92. The molecule has 2 saturated carbocycles. The molecule has 0 bridgehead atoms. The summed E-state index contributed by atoms with van der Waals surface area (Å²) in [6.07, 6.45) is 7.49. The standard InChI is InChI=1S/C27H42N2O7/c1-17(8-9-18-10-11-29-22(28)14-18)19(16-31)15-26-23(32)20-6-2-3-7-21(20)24(33)27(26,36-26)25(34)35-13-5-4-12-30/h18,20-22,29-31H,2-16,28H2,1H3/t18?,20?,21?,22?,26-,27-/m0/s1. The van der Waals surface area contributed by atoms with Crippen molar-refractivity contribution in [3.63, 3.8) is 0 Å². The van der Waals surface area contributed by atoms with Crippen molar-refractivity contribution < 1.29 is 34.1 Å². The van der Waals surface area contributed by atoms with E-state index in [0.717, 1.165) is 50.6 Å². The van der Waals surface area contributed by atoms with Gasteiger partial charge in [-0.2, -0.15) is 0 Å². The molecule has 2 aliphatic carbocycles. The van der Waals surface area contributed by atoms with Gasteiger partial charge in [0.25, 0.3) is 5.60 Å². The van der Waals surface area contributed by atoms with Gasteiger partial charge in [0.15, 0.2) is 17.2 Å². The van der Waals surface area contributed by atoms with Crippen molar-refractivity contribution in [2.75, 3.05) is 26.4 Å². The highest BCUT2D eigenvalue weighted by Gasteiger charge is 2.87. The van der Waals surface area contributed by atoms with Crippen molar-refractivity contribution in [1.82, 2.24) is 5.32 Å². The second kappa shape index (κ2) is 11.4. The van der Waals surface area contributed by atoms with Crippen molar-refractivity contribution >= 4 is 17.5 Å². The summed E-state index contributed by atoms with van der Waals surface area (Å²) in [5, 5.41) is 22.5. The van der Waals surface area contributed by atoms with Crippen LogP contribution in [0.15, 0.2) is 11.1 Å². The van der Waals surface area contributed by atoms with Gasteiger partial charge in [-0.3, -0.25) is 9.59 Å². The number of esters is 1. The summed E-state index contributed by atoms with van der Waals surface area (Å²) in [4.78, 5) is 40.8. The van der Waals surface area contributed by atoms with Crippen LogP contribution < -0.4 is 11.1 Å². The Kier molecular flexibility index (Phi) is 8.67. The van der Waals surface area contributed by atoms with Crippen LogP contribution >= 0.6 is 0 Å². The van der Waals surface area contributed by atoms with E-state index in [4.69, 9.17) is 20.3 Å². The minimum atomic E-state index is -1.91. The molecule has 2 aliphatic heterocycles. The number of ketones is 2. The predicted octanol–water partition coefficient (Wildman–Crippen LogP) is 1.53. The Balaban J connectivity index is 1.55. The van der Waals surface area contributed by atoms with Gasteiger partial charge in [-0.05, 0) is 76.3 Å². The molecule has 0 aromatic rings. The second-order valence-corrected chi connectivity index (χ2v) is 11.1. The maximum absolute atomic E-state index is 13.8. The molecule has 0 amide bonds. The normalized spacial score (nSPS) is 36.6. The summed E-state index contributed by atoms with van der Waals surface area (Å²) in [6.45, 7) is 2.60. The Morgan fingerprint density at radius 2 is 1.86 bits per heavy atom. The zero-order chi connectivity index (χ0) is 25.9. The van der Waals surface area contributed by atoms with E-state index in [1.807, 2.05) is 6.92 Å². The monoisotopic (exact) mass is 506 g/mol. The Morgan fingerprint density at radius 3 is 2.53 bits per heavy atom. The number of hydrogen-bond donors (Lipinski definition) is 4. The number of carbonyl (C=O) groups excluding carboxylic acids is 3. The van der Waals surface area contributed by atoms with E-state index in [2.05, 4.69) is 5.32 Å². The first-order valence-corrected chi connectivity index (χ1v) is 13.6. The minimum Gasteiger partial charge on any atom is -0.463 e. The van der Waals surface area contributed by atoms with Crippen molar-refractivity contribution in [3.05, 3.63) is 11.1 Å². The number of aliphatic hydroxyl groups excluding tert-OH is 2. The van der Waals surface area contributed by atoms with E-state index in [1.165, 1.54) is 0 Å². The SMILES string of the molecule is CC(CCC1CCNC(N)C1)=C(CO)C[C@@]12O[C@]1(C(=O)OCCCCO)C(=O)C1CCCCC1C2=O. The molecule has 4 aliphatic rings. The largest absolute Gasteiger partial charge is 0.463 e. The van der Waals surface area contributed by atoms with Crippen LogP contribution in [0.3, 0.4) is 0 Å². The van der Waals surface area contributed by atoms with E-state index < -0.39 is 29.0 Å². The van der Waals surface area contributed by atoms with E-state index in [-0.39, 0.29) is 44.0 Å². The van der Waals surface area contributed by atoms with Gasteiger partial charge in [0.05, 0.1) is 19.4 Å². The molecule has 9 heteroatoms. The van der Waals surface area contributed by atoms with E-state index >= 15 is 0 Å². The van der Waals surface area contributed by atoms with Crippen molar-refractivity contribution in [2.24, 2.45) is 23.5 Å². The van der Waals surface area contributed by atoms with Crippen LogP contribution in [0.4, 0.5) is 0 Å². The first kappa shape index (κ1) is 27.4. The van der Waals surface area contributed by atoms with Gasteiger partial charge in [0, 0.05) is 24.9 Å². The highest BCUT2D eigenvalue weighted by Crippen LogP contribution is 2.62. The number of epoxide rings is 1. The van der Waals surface area contributed by atoms with Crippen molar-refractivity contribution in [2.45, 2.75) is 94.9 Å². The van der Waals surface area contributed by atoms with Gasteiger partial charge in [-0.15, -0.1) is 0 Å². The van der Waals surface area contributed by atoms with Crippen LogP contribution in [-0.2, 0) is 23.9 Å². The number of aliphatic hydroxyl groups is 2. The number of rotatable bonds is 11. The summed E-state index contributed by atoms with van der Waals surface area (Å²) in [5.74, 6) is -1.80. The van der Waals surface area contributed by atoms with Crippen LogP contribution in [0.25, 0.3) is 0 Å². The lowest BCUT2D eigenvalue weighted by molar-refractivity contribution is -0.158. The summed E-state index contributed by atoms with van der Waals surface area (Å²) in [7, 11) is 0. The van der Waals surface area contributed by atoms with Crippen molar-refractivity contribution in [3.8, 4) is 0 Å². The van der Waals surface area contributed by atoms with Crippen LogP contribution in [0, 0.1) is 17.8 Å². The fourth-order valence-corrected chi connectivity index (χ4v) is 6.60. The summed E-state index contributed by atoms with van der Waals surface area (Å²) < 4.78 is 11.4. The summed E-state index contributed by atoms with van der Waals surface area (Å²) >= 11 is 0. The Hall–Kier alpha value is -1.65. The molecule has 4 unspecified atom stereocenters. The molecule has 202 valence electrons. The van der Waals surface area contributed by atoms with Crippen molar-refractivity contribution in [1.29, 1.82) is 0 Å². The topological polar surface area (TPSA) is 151 Å². The van der Waals surface area contributed by atoms with Crippen LogP contribution in [0.2, 0.25) is 0 Å². The van der Waals surface area contributed by atoms with Crippen LogP contribution in [0.5, 0.6) is 0 Å². The Morgan fingerprint density at radius 1 is 1.14 bits per heavy atom. The third-order valence-electron chi connectivity index (χ3n) is 8.84. The predicted molar refractivity (Wildman–Crippen MR) is 132 cm³/mol. The molecule has 0 aromatic carbocycles. The maximum atomic E-state index is 13.8. The number of unbranched alkanes of at least 4 members (excludes halogenated alkanes) is 1. The van der Waals surface area contributed by atoms with E-state index in [1.54, 1.807) is 0 Å². The molecule has 0 radical (unpaired) electrons. The minimum absolute atomic E-state index is 0.00224. The highest BCUT2D eigenvalue weighted by atomic mass is 16.7. The lowest BCUT2D eigenvalue weighted by Gasteiger charge is -2.37. The first-order valence-electron chi connectivity index (χ1n) is 13.6. The first-order chi connectivity index (χ1) is 17.3. The molecule has 0 spiro atoms. The summed E-state index contributed by atoms with van der Waals surface area (Å²) in [6, 6.07) is 0. The molecule has 9 nitrogen and oxygen atoms in total. The van der Waals surface area contributed by atoms with Gasteiger partial charge in [-0.1, -0.05) is 18.4 Å². The number of ether oxygens (including phenoxy) is 2. The summed E-state index contributed by atoms with van der Waals surface area (Å²) in [5.41, 5.74) is 4.15. The zero-order valence-electron chi connectivity index (χ0n) is 21.4. The van der Waals surface area contributed by atoms with Gasteiger partial charge in [-0.25, -0.2) is 4.79 Å². The molecular formula is C27H42N2O7. The Bertz CT molecular complexity index is 889. The smallest absolute Gasteiger partial charge is 0.349 e. The molecule has 0 aromatic heterocycles. The average Bonchev–Trinajstić information content (AvgIpc) is 3.59. The highest BCUT2D eigenvalue weighted by molar-refractivity contribution is 6.23. The third-order valence-corrected chi connectivity index (χ3v) is 8.84. The number of allylic oxidation sites excluding steroid dienone is 1. The lowest BCUT2D eigenvalue weighted by atomic mass is 9.60. The number of hydrogen-bond acceptors (Lipinski definition) is 9. The number of carbonyl (C=O) groups is 3. The number of Topliss-reactive ketones (excluding diaryl/α,β-unsaturated/α-hetero) is 2.